The molecule has 0 aliphatic heterocycles. The Kier molecular flexibility index (Phi) is 20.3. The Morgan fingerprint density at radius 1 is 0.778 bits per heavy atom. The molecular weight excluding hydrogens is 159 g/mol. The largest absolute Gasteiger partial charge is 2.00 e. The van der Waals surface area contributed by atoms with Crippen LogP contribution in [0.1, 0.15) is 27.7 Å². The van der Waals surface area contributed by atoms with Crippen LogP contribution in [0.5, 0.6) is 0 Å². The van der Waals surface area contributed by atoms with E-state index in [9.17, 15) is 10.2 Å². The Balaban J connectivity index is -0.0000000720. The molecule has 0 aliphatic carbocycles. The molecule has 0 fully saturated rings. The summed E-state index contributed by atoms with van der Waals surface area (Å²) in [6.45, 7) is 6.44. The van der Waals surface area contributed by atoms with Gasteiger partial charge in [-0.05, 0) is 0 Å². The van der Waals surface area contributed by atoms with Crippen molar-refractivity contribution >= 4 is 0 Å². The molecule has 0 spiro atoms. The molecule has 0 saturated carbocycles. The summed E-state index contributed by atoms with van der Waals surface area (Å²) in [6.07, 6.45) is -0.833. The Morgan fingerprint density at radius 2 is 0.778 bits per heavy atom. The van der Waals surface area contributed by atoms with Gasteiger partial charge in [0.15, 0.2) is 0 Å². The fourth-order valence-corrected chi connectivity index (χ4v) is 0. The molecule has 57 valence electrons. The van der Waals surface area contributed by atoms with Crippen molar-refractivity contribution in [3.63, 3.8) is 0 Å². The van der Waals surface area contributed by atoms with Crippen LogP contribution in [-0.2, 0) is 17.1 Å². The van der Waals surface area contributed by atoms with Gasteiger partial charge in [0.25, 0.3) is 0 Å². The van der Waals surface area contributed by atoms with E-state index in [1.54, 1.807) is 27.7 Å². The van der Waals surface area contributed by atoms with Gasteiger partial charge in [0.1, 0.15) is 0 Å². The molecule has 0 heterocycles. The van der Waals surface area contributed by atoms with Gasteiger partial charge in [0, 0.05) is 0 Å². The first-order valence-electron chi connectivity index (χ1n) is 2.78. The third kappa shape index (κ3) is 1810. The summed E-state index contributed by atoms with van der Waals surface area (Å²) in [6, 6.07) is 0. The Morgan fingerprint density at radius 3 is 0.778 bits per heavy atom. The van der Waals surface area contributed by atoms with Crippen molar-refractivity contribution < 1.29 is 27.3 Å². The van der Waals surface area contributed by atoms with Crippen LogP contribution >= 0.6 is 0 Å². The van der Waals surface area contributed by atoms with Crippen molar-refractivity contribution in [1.82, 2.24) is 0 Å². The van der Waals surface area contributed by atoms with Gasteiger partial charge in [0.2, 0.25) is 0 Å². The van der Waals surface area contributed by atoms with Crippen molar-refractivity contribution in [2.24, 2.45) is 0 Å². The van der Waals surface area contributed by atoms with E-state index >= 15 is 0 Å². The molecule has 0 N–H and O–H groups in total. The second kappa shape index (κ2) is 11.3. The van der Waals surface area contributed by atoms with Gasteiger partial charge >= 0.3 is 17.1 Å². The molecule has 0 bridgehead atoms. The fraction of sp³-hybridized carbons (Fsp3) is 1.00. The minimum atomic E-state index is -0.417. The van der Waals surface area contributed by atoms with Crippen LogP contribution in [0.15, 0.2) is 0 Å². The number of hydrogen-bond donors (Lipinski definition) is 0. The molecule has 3 heteroatoms. The summed E-state index contributed by atoms with van der Waals surface area (Å²) in [7, 11) is 0. The van der Waals surface area contributed by atoms with Crippen LogP contribution in [0.25, 0.3) is 0 Å². The fourth-order valence-electron chi connectivity index (χ4n) is 0. The van der Waals surface area contributed by atoms with E-state index in [1.807, 2.05) is 0 Å². The van der Waals surface area contributed by atoms with Crippen molar-refractivity contribution in [3.05, 3.63) is 0 Å². The summed E-state index contributed by atoms with van der Waals surface area (Å²) in [5.74, 6) is 0. The van der Waals surface area contributed by atoms with Crippen molar-refractivity contribution in [2.45, 2.75) is 39.9 Å². The minimum Gasteiger partial charge on any atom is -0.852 e. The summed E-state index contributed by atoms with van der Waals surface area (Å²) < 4.78 is 0. The topological polar surface area (TPSA) is 46.1 Å². The molecule has 0 unspecified atom stereocenters. The summed E-state index contributed by atoms with van der Waals surface area (Å²) in [5, 5.41) is 19.1. The molecule has 0 aromatic heterocycles. The van der Waals surface area contributed by atoms with Crippen LogP contribution in [-0.4, -0.2) is 12.2 Å². The maximum Gasteiger partial charge on any atom is 2.00 e. The van der Waals surface area contributed by atoms with Crippen molar-refractivity contribution in [3.8, 4) is 0 Å². The van der Waals surface area contributed by atoms with Crippen LogP contribution in [0.3, 0.4) is 0 Å². The Labute approximate surface area is 67.8 Å². The smallest absolute Gasteiger partial charge is 0.852 e. The molecule has 0 amide bonds. The van der Waals surface area contributed by atoms with Gasteiger partial charge in [-0.2, -0.15) is 0 Å². The molecule has 9 heavy (non-hydrogen) atoms. The van der Waals surface area contributed by atoms with Crippen LogP contribution in [0, 0.1) is 0 Å². The van der Waals surface area contributed by atoms with E-state index in [1.165, 1.54) is 0 Å². The first-order chi connectivity index (χ1) is 3.46. The average molecular weight is 173 g/mol. The van der Waals surface area contributed by atoms with Crippen LogP contribution in [0.2, 0.25) is 0 Å². The predicted molar refractivity (Wildman–Crippen MR) is 30.3 cm³/mol. The summed E-state index contributed by atoms with van der Waals surface area (Å²) in [5.41, 5.74) is 0. The third-order valence-corrected chi connectivity index (χ3v) is 0. The van der Waals surface area contributed by atoms with Crippen molar-refractivity contribution in [1.29, 1.82) is 0 Å². The number of hydrogen-bond acceptors (Lipinski definition) is 2. The Hall–Kier alpha value is 0.439. The van der Waals surface area contributed by atoms with Crippen LogP contribution < -0.4 is 10.2 Å². The van der Waals surface area contributed by atoms with E-state index in [2.05, 4.69) is 0 Å². The van der Waals surface area contributed by atoms with E-state index in [4.69, 9.17) is 0 Å². The molecule has 1 radical (unpaired) electrons. The van der Waals surface area contributed by atoms with Gasteiger partial charge in [-0.25, -0.2) is 0 Å². The molecule has 2 nitrogen and oxygen atoms in total. The van der Waals surface area contributed by atoms with Crippen molar-refractivity contribution in [2.75, 3.05) is 0 Å². The van der Waals surface area contributed by atoms with Crippen LogP contribution in [0.4, 0.5) is 0 Å². The van der Waals surface area contributed by atoms with E-state index in [0.717, 1.165) is 0 Å². The van der Waals surface area contributed by atoms with E-state index in [-0.39, 0.29) is 17.1 Å². The van der Waals surface area contributed by atoms with Gasteiger partial charge in [-0.1, -0.05) is 27.7 Å². The molecule has 0 saturated heterocycles. The van der Waals surface area contributed by atoms with E-state index < -0.39 is 12.2 Å². The first kappa shape index (κ1) is 16.2. The molecule has 0 aliphatic rings. The standard InChI is InChI=1S/2C3H7O.Mn/c2*1-3(2)4;/h2*3H,1-2H3;/q2*-1;+2. The van der Waals surface area contributed by atoms with Gasteiger partial charge in [-0.15, -0.1) is 12.2 Å². The zero-order valence-electron chi connectivity index (χ0n) is 6.35. The third-order valence-electron chi connectivity index (χ3n) is 0. The molecule has 0 aromatic carbocycles. The summed E-state index contributed by atoms with van der Waals surface area (Å²) in [4.78, 5) is 0. The maximum absolute atomic E-state index is 9.53. The molecular formula is C6H14MnO2. The molecule has 0 rings (SSSR count). The van der Waals surface area contributed by atoms with Gasteiger partial charge < -0.3 is 10.2 Å². The number of rotatable bonds is 0. The predicted octanol–water partition coefficient (Wildman–Crippen LogP) is -0.492. The maximum atomic E-state index is 9.53. The van der Waals surface area contributed by atoms with Gasteiger partial charge in [-0.3, -0.25) is 0 Å². The first-order valence-corrected chi connectivity index (χ1v) is 2.78. The van der Waals surface area contributed by atoms with Gasteiger partial charge in [0.05, 0.1) is 0 Å². The molecule has 0 aromatic rings. The van der Waals surface area contributed by atoms with E-state index in [0.29, 0.717) is 0 Å². The Bertz CT molecular complexity index is 26.5. The normalized spacial score (nSPS) is 8.00. The molecule has 0 atom stereocenters. The zero-order chi connectivity index (χ0) is 7.15. The SMILES string of the molecule is CC(C)[O-].CC(C)[O-].[Mn+2]. The summed E-state index contributed by atoms with van der Waals surface area (Å²) >= 11 is 0. The average Bonchev–Trinajstić information content (AvgIpc) is 1.25. The monoisotopic (exact) mass is 173 g/mol. The second-order valence-electron chi connectivity index (χ2n) is 2.10. The minimum absolute atomic E-state index is 0. The zero-order valence-corrected chi connectivity index (χ0v) is 7.53. The second-order valence-corrected chi connectivity index (χ2v) is 2.10. The quantitative estimate of drug-likeness (QED) is 0.464.